The van der Waals surface area contributed by atoms with E-state index >= 15 is 0 Å². The molecule has 30 heteroatoms. The zero-order valence-corrected chi connectivity index (χ0v) is 71.9. The lowest BCUT2D eigenvalue weighted by Gasteiger charge is -2.32. The molecule has 6 N–H and O–H groups in total. The summed E-state index contributed by atoms with van der Waals surface area (Å²) in [5.74, 6) is 2.16. The Bertz CT molecular complexity index is 5780. The van der Waals surface area contributed by atoms with E-state index in [1.54, 1.807) is 48.1 Å². The van der Waals surface area contributed by atoms with Crippen molar-refractivity contribution in [2.75, 3.05) is 16.0 Å². The van der Waals surface area contributed by atoms with Crippen LogP contribution in [0.2, 0.25) is 25.2 Å². The number of carbonyl (C=O) groups excluding carboxylic acids is 1. The largest absolute Gasteiger partial charge is 0.498 e. The van der Waals surface area contributed by atoms with Gasteiger partial charge in [0, 0.05) is 83.5 Å². The summed E-state index contributed by atoms with van der Waals surface area (Å²) in [6.45, 7) is 21.7. The highest BCUT2D eigenvalue weighted by molar-refractivity contribution is 9.10. The molecule has 4 atom stereocenters. The zero-order chi connectivity index (χ0) is 82.3. The van der Waals surface area contributed by atoms with E-state index in [2.05, 4.69) is 122 Å². The van der Waals surface area contributed by atoms with Gasteiger partial charge in [-0.15, -0.1) is 0 Å². The number of aromatic nitrogens is 14. The number of nitrogens with one attached hydrogen (secondary N) is 4. The predicted octanol–water partition coefficient (Wildman–Crippen LogP) is 22.3. The Kier molecular flexibility index (Phi) is 28.8. The molecule has 115 heavy (non-hydrogen) atoms. The van der Waals surface area contributed by atoms with Gasteiger partial charge in [-0.2, -0.15) is 20.0 Å². The van der Waals surface area contributed by atoms with Crippen LogP contribution in [0.1, 0.15) is 123 Å². The van der Waals surface area contributed by atoms with Crippen molar-refractivity contribution in [3.63, 3.8) is 0 Å². The molecule has 0 spiro atoms. The molecule has 1 aliphatic heterocycles. The van der Waals surface area contributed by atoms with Crippen LogP contribution in [-0.4, -0.2) is 99.6 Å². The van der Waals surface area contributed by atoms with Crippen LogP contribution in [0.5, 0.6) is 0 Å². The predicted molar refractivity (Wildman–Crippen MR) is 472 cm³/mol. The Morgan fingerprint density at radius 3 is 1.30 bits per heavy atom. The third-order valence-corrected chi connectivity index (χ3v) is 20.3. The van der Waals surface area contributed by atoms with Crippen LogP contribution in [0.25, 0.3) is 66.4 Å². The van der Waals surface area contributed by atoms with Gasteiger partial charge in [-0.3, -0.25) is 29.7 Å². The number of aryl methyl sites for hydroxylation is 1. The van der Waals surface area contributed by atoms with Gasteiger partial charge in [0.2, 0.25) is 0 Å². The normalized spacial score (nSPS) is 13.7. The van der Waals surface area contributed by atoms with Gasteiger partial charge in [0.15, 0.2) is 0 Å². The first kappa shape index (κ1) is 85.8. The molecular weight excluding hydrogens is 1680 g/mol. The van der Waals surface area contributed by atoms with Gasteiger partial charge in [0.1, 0.15) is 28.2 Å². The van der Waals surface area contributed by atoms with E-state index in [1.807, 2.05) is 252 Å². The molecule has 22 nitrogen and oxygen atoms in total. The van der Waals surface area contributed by atoms with Crippen molar-refractivity contribution in [2.24, 2.45) is 12.8 Å². The quantitative estimate of drug-likeness (QED) is 0.0671. The first-order chi connectivity index (χ1) is 54.7. The fraction of sp³-hybridized carbons (Fsp3) is 0.224. The molecule has 0 radical (unpaired) electrons. The summed E-state index contributed by atoms with van der Waals surface area (Å²) in [5, 5.41) is 28.4. The number of nitrogens with two attached hydrogens (primary N) is 1. The topological polar surface area (TPSA) is 274 Å². The van der Waals surface area contributed by atoms with E-state index in [9.17, 15) is 4.79 Å². The lowest BCUT2D eigenvalue weighted by Crippen LogP contribution is -2.41. The molecule has 8 aromatic carbocycles. The maximum atomic E-state index is 12.2. The van der Waals surface area contributed by atoms with Crippen LogP contribution in [0, 0.1) is 0 Å². The number of nitrogens with zero attached hydrogens (tertiary/aromatic N) is 13. The molecule has 8 heterocycles. The summed E-state index contributed by atoms with van der Waals surface area (Å²) < 4.78 is 22.1. The number of aromatic amines is 1. The second kappa shape index (κ2) is 38.6. The summed E-state index contributed by atoms with van der Waals surface area (Å²) in [7, 11) is 1.58. The van der Waals surface area contributed by atoms with Crippen LogP contribution < -0.4 is 27.1 Å². The Hall–Kier alpha value is -10.0. The van der Waals surface area contributed by atoms with Gasteiger partial charge in [-0.25, -0.2) is 24.7 Å². The average molecular weight is 1770 g/mol. The van der Waals surface area contributed by atoms with E-state index in [0.717, 1.165) is 130 Å². The number of H-pyrrole nitrogens is 1. The minimum Gasteiger partial charge on any atom is -0.442 e. The van der Waals surface area contributed by atoms with Gasteiger partial charge in [-0.1, -0.05) is 151 Å². The molecule has 1 fully saturated rings. The van der Waals surface area contributed by atoms with E-state index in [4.69, 9.17) is 77.8 Å². The number of halogens is 7. The summed E-state index contributed by atoms with van der Waals surface area (Å²) >= 11 is 36.4. The SMILES string of the molecule is C[C@@H](N)c1cccc(Cl)c1.C[C@@H](Nc1cnc2cc(-c3cn[nH]c3)ccc2n1)c1cccc(Cl)c1.C[C@@H](Nc1cnc2cc(-c3cnn(C(=O)OC(C)(C)C)c3)ccc2n1)c1cccc(Cl)c1.C[C@@H](Nc1cnc2cc(Br)ccc2n1)c1cccc(Cl)c1.Clc1cnc2cc(Br)ccc2n1.Cn1cc(B2OC(C)(C)C(C)(C)O2)cn1. The maximum Gasteiger partial charge on any atom is 0.498 e. The molecule has 1 saturated heterocycles. The molecule has 7 aromatic heterocycles. The standard InChI is InChI=1S/C24H24ClN5O2.C19H16ClN5.C16H13BrClN3.C10H17BN2O2.C8H4BrClN2.C8H10ClN/c1-15(16-6-5-7-19(25)10-16)28-22-13-26-21-11-17(8-9-20(21)29-22)18-12-27-30(14-18)23(31)32-24(2,3)4;1-12(13-3-2-4-16(20)7-13)24-19-11-21-18-8-14(5-6-17(18)25-19)15-9-22-23-10-15;1-10(11-3-2-4-13(18)7-11)20-16-9-19-15-8-12(17)5-6-14(15)21-16;1-9(2)10(3,4)15-11(14-9)8-6-12-13(5)7-8;9-5-1-2-6-7(3-5)11-4-8(10)12-6;1-6(10)7-3-2-4-8(9)5-7/h5-15H,1-4H3,(H,28,29);2-12H,1H3,(H,22,23)(H,24,25);2-10H,1H3,(H,20,21);6-7H,1-5H3;1-4H;2-6H,10H2,1H3/t15-;12-;10-;;;6-/m111..1/s1. The van der Waals surface area contributed by atoms with Crippen LogP contribution >= 0.6 is 89.9 Å². The Morgan fingerprint density at radius 1 is 0.487 bits per heavy atom. The fourth-order valence-corrected chi connectivity index (χ4v) is 13.0. The molecule has 0 bridgehead atoms. The monoisotopic (exact) mass is 1760 g/mol. The second-order valence-corrected chi connectivity index (χ2v) is 32.9. The third-order valence-electron chi connectivity index (χ3n) is 18.2. The number of rotatable bonds is 13. The molecule has 0 amide bonds. The number of hydrogen-bond acceptors (Lipinski definition) is 19. The van der Waals surface area contributed by atoms with Crippen molar-refractivity contribution in [3.05, 3.63) is 288 Å². The molecule has 0 aliphatic carbocycles. The highest BCUT2D eigenvalue weighted by atomic mass is 79.9. The van der Waals surface area contributed by atoms with Gasteiger partial charge in [0.25, 0.3) is 0 Å². The van der Waals surface area contributed by atoms with Crippen LogP contribution in [0.15, 0.2) is 241 Å². The number of hydrogen-bond donors (Lipinski definition) is 5. The third kappa shape index (κ3) is 24.3. The molecular formula is C85H84BBr2Cl5N18O4. The van der Waals surface area contributed by atoms with Crippen molar-refractivity contribution < 1.29 is 18.8 Å². The van der Waals surface area contributed by atoms with E-state index in [1.165, 1.54) is 10.9 Å². The van der Waals surface area contributed by atoms with Crippen LogP contribution in [0.4, 0.5) is 22.2 Å². The van der Waals surface area contributed by atoms with Crippen molar-refractivity contribution in [1.29, 1.82) is 0 Å². The number of fused-ring (bicyclic) bond motifs is 4. The number of benzene rings is 8. The van der Waals surface area contributed by atoms with Gasteiger partial charge >= 0.3 is 13.2 Å². The van der Waals surface area contributed by atoms with E-state index in [-0.39, 0.29) is 42.5 Å². The van der Waals surface area contributed by atoms with Crippen molar-refractivity contribution in [3.8, 4) is 22.3 Å². The molecule has 590 valence electrons. The Morgan fingerprint density at radius 2 is 0.896 bits per heavy atom. The molecule has 16 rings (SSSR count). The zero-order valence-electron chi connectivity index (χ0n) is 65.0. The lowest BCUT2D eigenvalue weighted by atomic mass is 9.82. The first-order valence-electron chi connectivity index (χ1n) is 36.5. The van der Waals surface area contributed by atoms with Crippen molar-refractivity contribution >= 4 is 170 Å². The van der Waals surface area contributed by atoms with Crippen LogP contribution in [-0.2, 0) is 21.1 Å². The summed E-state index contributed by atoms with van der Waals surface area (Å²) in [6.07, 6.45) is 16.8. The molecule has 1 aliphatic rings. The summed E-state index contributed by atoms with van der Waals surface area (Å²) in [6, 6.07) is 54.5. The second-order valence-electron chi connectivity index (χ2n) is 28.9. The van der Waals surface area contributed by atoms with Crippen LogP contribution in [0.3, 0.4) is 0 Å². The van der Waals surface area contributed by atoms with Gasteiger partial charge < -0.3 is 35.7 Å². The molecule has 15 aromatic rings. The van der Waals surface area contributed by atoms with Crippen molar-refractivity contribution in [1.82, 2.24) is 69.6 Å². The molecule has 0 saturated carbocycles. The Balaban J connectivity index is 0.000000142. The summed E-state index contributed by atoms with van der Waals surface area (Å²) in [5.41, 5.74) is 20.1. The van der Waals surface area contributed by atoms with Gasteiger partial charge in [-0.05, 0) is 219 Å². The van der Waals surface area contributed by atoms with E-state index < -0.39 is 11.7 Å². The van der Waals surface area contributed by atoms with Crippen molar-refractivity contribution in [2.45, 2.75) is 117 Å². The Labute approximate surface area is 709 Å². The maximum absolute atomic E-state index is 12.2. The van der Waals surface area contributed by atoms with Gasteiger partial charge in [0.05, 0.1) is 111 Å². The number of ether oxygens (including phenoxy) is 1. The first-order valence-corrected chi connectivity index (χ1v) is 40.0. The lowest BCUT2D eigenvalue weighted by molar-refractivity contribution is 0.00578. The smallest absolute Gasteiger partial charge is 0.442 e. The minimum atomic E-state index is -0.586. The summed E-state index contributed by atoms with van der Waals surface area (Å²) in [4.78, 5) is 47.8. The minimum absolute atomic E-state index is 0.0263. The van der Waals surface area contributed by atoms with E-state index in [0.29, 0.717) is 16.0 Å². The molecule has 0 unspecified atom stereocenters. The highest BCUT2D eigenvalue weighted by Gasteiger charge is 2.52. The number of carbonyl (C=O) groups is 1. The number of anilines is 3. The fourth-order valence-electron chi connectivity index (χ4n) is 11.4. The highest BCUT2D eigenvalue weighted by Crippen LogP contribution is 2.37. The average Bonchev–Trinajstić information content (AvgIpc) is 1.60.